The van der Waals surface area contributed by atoms with Gasteiger partial charge in [-0.2, -0.15) is 0 Å². The van der Waals surface area contributed by atoms with Crippen LogP contribution in [-0.4, -0.2) is 18.5 Å². The van der Waals surface area contributed by atoms with Gasteiger partial charge in [0.15, 0.2) is 0 Å². The Morgan fingerprint density at radius 1 is 1.26 bits per heavy atom. The number of ether oxygens (including phenoxy) is 1. The maximum Gasteiger partial charge on any atom is 0.241 e. The van der Waals surface area contributed by atoms with Gasteiger partial charge in [-0.05, 0) is 61.3 Å². The van der Waals surface area contributed by atoms with E-state index in [1.165, 1.54) is 0 Å². The zero-order valence-corrected chi connectivity index (χ0v) is 13.5. The maximum atomic E-state index is 12.0. The second-order valence-corrected chi connectivity index (χ2v) is 6.02. The van der Waals surface area contributed by atoms with E-state index in [0.29, 0.717) is 11.6 Å². The van der Waals surface area contributed by atoms with Gasteiger partial charge in [0.25, 0.3) is 0 Å². The van der Waals surface area contributed by atoms with Crippen LogP contribution in [0.3, 0.4) is 0 Å². The number of amides is 1. The largest absolute Gasteiger partial charge is 0.489 e. The summed E-state index contributed by atoms with van der Waals surface area (Å²) < 4.78 is 5.72. The molecule has 1 aliphatic rings. The van der Waals surface area contributed by atoms with E-state index in [4.69, 9.17) is 16.3 Å². The molecule has 1 fully saturated rings. The van der Waals surface area contributed by atoms with Gasteiger partial charge in [0.05, 0.1) is 6.04 Å². The van der Waals surface area contributed by atoms with Crippen LogP contribution in [-0.2, 0) is 11.4 Å². The van der Waals surface area contributed by atoms with Crippen LogP contribution in [0.1, 0.15) is 18.4 Å². The van der Waals surface area contributed by atoms with Crippen molar-refractivity contribution in [2.24, 2.45) is 0 Å². The van der Waals surface area contributed by atoms with Crippen molar-refractivity contribution in [3.8, 4) is 5.75 Å². The first-order valence-electron chi connectivity index (χ1n) is 7.72. The Bertz CT molecular complexity index is 667. The summed E-state index contributed by atoms with van der Waals surface area (Å²) in [5.74, 6) is 0.775. The van der Waals surface area contributed by atoms with Crippen molar-refractivity contribution in [2.45, 2.75) is 25.5 Å². The van der Waals surface area contributed by atoms with Crippen LogP contribution in [0.2, 0.25) is 5.02 Å². The molecule has 2 aromatic rings. The molecule has 1 atom stereocenters. The maximum absolute atomic E-state index is 12.0. The normalized spacial score (nSPS) is 17.0. The Kier molecular flexibility index (Phi) is 5.16. The highest BCUT2D eigenvalue weighted by Gasteiger charge is 2.21. The molecule has 1 unspecified atom stereocenters. The van der Waals surface area contributed by atoms with Gasteiger partial charge in [-0.3, -0.25) is 4.79 Å². The molecule has 1 saturated heterocycles. The molecule has 3 rings (SSSR count). The summed E-state index contributed by atoms with van der Waals surface area (Å²) >= 11 is 5.95. The number of hydrogen-bond donors (Lipinski definition) is 2. The van der Waals surface area contributed by atoms with E-state index in [-0.39, 0.29) is 11.9 Å². The number of anilines is 1. The first-order valence-corrected chi connectivity index (χ1v) is 8.10. The molecular weight excluding hydrogens is 312 g/mol. The highest BCUT2D eigenvalue weighted by molar-refractivity contribution is 6.30. The molecule has 120 valence electrons. The second kappa shape index (κ2) is 7.49. The Morgan fingerprint density at radius 3 is 2.78 bits per heavy atom. The highest BCUT2D eigenvalue weighted by Crippen LogP contribution is 2.19. The number of hydrogen-bond acceptors (Lipinski definition) is 3. The molecule has 0 radical (unpaired) electrons. The van der Waals surface area contributed by atoms with Gasteiger partial charge >= 0.3 is 0 Å². The Balaban J connectivity index is 1.53. The SMILES string of the molecule is O=C(Nc1ccc(OCc2cccc(Cl)c2)cc1)C1CCCN1. The predicted octanol–water partition coefficient (Wildman–Crippen LogP) is 3.61. The van der Waals surface area contributed by atoms with Gasteiger partial charge in [-0.1, -0.05) is 23.7 Å². The average Bonchev–Trinajstić information content (AvgIpc) is 3.09. The van der Waals surface area contributed by atoms with Crippen molar-refractivity contribution < 1.29 is 9.53 Å². The summed E-state index contributed by atoms with van der Waals surface area (Å²) in [7, 11) is 0. The van der Waals surface area contributed by atoms with Gasteiger partial charge in [0, 0.05) is 10.7 Å². The molecule has 0 bridgehead atoms. The smallest absolute Gasteiger partial charge is 0.241 e. The van der Waals surface area contributed by atoms with Crippen LogP contribution >= 0.6 is 11.6 Å². The predicted molar refractivity (Wildman–Crippen MR) is 91.9 cm³/mol. The number of carbonyl (C=O) groups is 1. The van der Waals surface area contributed by atoms with Gasteiger partial charge in [-0.25, -0.2) is 0 Å². The Labute approximate surface area is 140 Å². The number of halogens is 1. The lowest BCUT2D eigenvalue weighted by Gasteiger charge is -2.12. The van der Waals surface area contributed by atoms with E-state index in [1.54, 1.807) is 0 Å². The van der Waals surface area contributed by atoms with Crippen LogP contribution in [0, 0.1) is 0 Å². The molecule has 5 heteroatoms. The van der Waals surface area contributed by atoms with Crippen molar-refractivity contribution in [2.75, 3.05) is 11.9 Å². The fourth-order valence-corrected chi connectivity index (χ4v) is 2.78. The van der Waals surface area contributed by atoms with E-state index in [9.17, 15) is 4.79 Å². The van der Waals surface area contributed by atoms with E-state index >= 15 is 0 Å². The minimum Gasteiger partial charge on any atom is -0.489 e. The van der Waals surface area contributed by atoms with Gasteiger partial charge in [0.2, 0.25) is 5.91 Å². The molecule has 0 aliphatic carbocycles. The molecule has 0 spiro atoms. The van der Waals surface area contributed by atoms with Crippen LogP contribution < -0.4 is 15.4 Å². The number of rotatable bonds is 5. The van der Waals surface area contributed by atoms with Crippen LogP contribution in [0.5, 0.6) is 5.75 Å². The summed E-state index contributed by atoms with van der Waals surface area (Å²) in [6, 6.07) is 14.9. The first-order chi connectivity index (χ1) is 11.2. The van der Waals surface area contributed by atoms with Gasteiger partial charge < -0.3 is 15.4 Å². The summed E-state index contributed by atoms with van der Waals surface area (Å²) in [4.78, 5) is 12.0. The number of nitrogens with one attached hydrogen (secondary N) is 2. The molecule has 23 heavy (non-hydrogen) atoms. The molecule has 1 aliphatic heterocycles. The van der Waals surface area contributed by atoms with E-state index in [2.05, 4.69) is 10.6 Å². The zero-order valence-electron chi connectivity index (χ0n) is 12.7. The summed E-state index contributed by atoms with van der Waals surface area (Å²) in [5.41, 5.74) is 1.79. The van der Waals surface area contributed by atoms with Crippen molar-refractivity contribution in [3.05, 3.63) is 59.1 Å². The quantitative estimate of drug-likeness (QED) is 0.880. The fourth-order valence-electron chi connectivity index (χ4n) is 2.57. The monoisotopic (exact) mass is 330 g/mol. The minimum absolute atomic E-state index is 0.0232. The van der Waals surface area contributed by atoms with Crippen molar-refractivity contribution in [3.63, 3.8) is 0 Å². The third-order valence-electron chi connectivity index (χ3n) is 3.79. The van der Waals surface area contributed by atoms with Crippen LogP contribution in [0.4, 0.5) is 5.69 Å². The van der Waals surface area contributed by atoms with E-state index < -0.39 is 0 Å². The van der Waals surface area contributed by atoms with Crippen LogP contribution in [0.25, 0.3) is 0 Å². The number of carbonyl (C=O) groups excluding carboxylic acids is 1. The molecular formula is C18H19ClN2O2. The molecule has 1 heterocycles. The van der Waals surface area contributed by atoms with E-state index in [1.807, 2.05) is 48.5 Å². The summed E-state index contributed by atoms with van der Waals surface area (Å²) in [6.07, 6.45) is 1.95. The first kappa shape index (κ1) is 15.8. The molecule has 2 aromatic carbocycles. The third kappa shape index (κ3) is 4.47. The lowest BCUT2D eigenvalue weighted by molar-refractivity contribution is -0.117. The molecule has 0 saturated carbocycles. The van der Waals surface area contributed by atoms with Crippen molar-refractivity contribution >= 4 is 23.2 Å². The molecule has 2 N–H and O–H groups in total. The fraction of sp³-hybridized carbons (Fsp3) is 0.278. The molecule has 0 aromatic heterocycles. The van der Waals surface area contributed by atoms with E-state index in [0.717, 1.165) is 36.4 Å². The van der Waals surface area contributed by atoms with Gasteiger partial charge in [-0.15, -0.1) is 0 Å². The minimum atomic E-state index is -0.0752. The standard InChI is InChI=1S/C18H19ClN2O2/c19-14-4-1-3-13(11-14)12-23-16-8-6-15(7-9-16)21-18(22)17-5-2-10-20-17/h1,3-4,6-9,11,17,20H,2,5,10,12H2,(H,21,22). The Morgan fingerprint density at radius 2 is 2.09 bits per heavy atom. The van der Waals surface area contributed by atoms with Crippen molar-refractivity contribution in [1.82, 2.24) is 5.32 Å². The summed E-state index contributed by atoms with van der Waals surface area (Å²) in [5, 5.41) is 6.80. The van der Waals surface area contributed by atoms with Gasteiger partial charge in [0.1, 0.15) is 12.4 Å². The lowest BCUT2D eigenvalue weighted by Crippen LogP contribution is -2.35. The van der Waals surface area contributed by atoms with Crippen molar-refractivity contribution in [1.29, 1.82) is 0 Å². The molecule has 4 nitrogen and oxygen atoms in total. The Hall–Kier alpha value is -2.04. The highest BCUT2D eigenvalue weighted by atomic mass is 35.5. The lowest BCUT2D eigenvalue weighted by atomic mass is 10.2. The zero-order chi connectivity index (χ0) is 16.1. The second-order valence-electron chi connectivity index (χ2n) is 5.58. The summed E-state index contributed by atoms with van der Waals surface area (Å²) in [6.45, 7) is 1.37. The number of benzene rings is 2. The average molecular weight is 331 g/mol. The topological polar surface area (TPSA) is 50.4 Å². The molecule has 1 amide bonds. The van der Waals surface area contributed by atoms with Crippen LogP contribution in [0.15, 0.2) is 48.5 Å². The third-order valence-corrected chi connectivity index (χ3v) is 4.03.